The van der Waals surface area contributed by atoms with Crippen molar-refractivity contribution in [3.05, 3.63) is 0 Å². The first-order valence-electron chi connectivity index (χ1n) is 4.79. The molecule has 1 aliphatic rings. The van der Waals surface area contributed by atoms with Crippen LogP contribution in [0.25, 0.3) is 0 Å². The maximum atomic E-state index is 9.46. The van der Waals surface area contributed by atoms with Crippen molar-refractivity contribution in [1.29, 1.82) is 0 Å². The molecule has 4 nitrogen and oxygen atoms in total. The molecular weight excluding hydrogens is 204 g/mol. The van der Waals surface area contributed by atoms with E-state index < -0.39 is 12.2 Å². The number of hydrogen-bond donors (Lipinski definition) is 3. The van der Waals surface area contributed by atoms with Crippen molar-refractivity contribution in [2.45, 2.75) is 43.5 Å². The summed E-state index contributed by atoms with van der Waals surface area (Å²) in [7, 11) is 0. The van der Waals surface area contributed by atoms with Crippen LogP contribution in [0.3, 0.4) is 0 Å². The predicted molar refractivity (Wildman–Crippen MR) is 55.4 cm³/mol. The van der Waals surface area contributed by atoms with Gasteiger partial charge in [0, 0.05) is 11.0 Å². The van der Waals surface area contributed by atoms with E-state index in [0.717, 1.165) is 0 Å². The van der Waals surface area contributed by atoms with Crippen LogP contribution < -0.4 is 0 Å². The second kappa shape index (κ2) is 5.32. The van der Waals surface area contributed by atoms with E-state index in [0.29, 0.717) is 5.75 Å². The summed E-state index contributed by atoms with van der Waals surface area (Å²) in [4.78, 5) is 0. The van der Waals surface area contributed by atoms with Gasteiger partial charge in [0.05, 0.1) is 18.8 Å². The van der Waals surface area contributed by atoms with Crippen molar-refractivity contribution >= 4 is 11.8 Å². The van der Waals surface area contributed by atoms with Crippen molar-refractivity contribution in [1.82, 2.24) is 0 Å². The van der Waals surface area contributed by atoms with Gasteiger partial charge in [0.25, 0.3) is 0 Å². The molecule has 0 spiro atoms. The fourth-order valence-corrected chi connectivity index (χ4v) is 2.26. The Morgan fingerprint density at radius 2 is 2.07 bits per heavy atom. The fourth-order valence-electron chi connectivity index (χ4n) is 1.20. The van der Waals surface area contributed by atoms with E-state index in [1.54, 1.807) is 18.7 Å². The van der Waals surface area contributed by atoms with Gasteiger partial charge in [-0.2, -0.15) is 11.8 Å². The van der Waals surface area contributed by atoms with Crippen LogP contribution in [0.1, 0.15) is 13.8 Å². The molecular formula is C9H18O4S. The molecule has 0 aliphatic carbocycles. The number of ether oxygens (including phenoxy) is 1. The quantitative estimate of drug-likeness (QED) is 0.604. The first-order chi connectivity index (χ1) is 6.52. The van der Waals surface area contributed by atoms with E-state index in [9.17, 15) is 15.3 Å². The Hall–Kier alpha value is 0.190. The molecule has 0 aromatic carbocycles. The zero-order valence-corrected chi connectivity index (χ0v) is 9.28. The SMILES string of the molecule is CC(O)C(C)SCC1OCC(O)C1O. The lowest BCUT2D eigenvalue weighted by molar-refractivity contribution is 0.0336. The molecule has 1 rings (SSSR count). The Balaban J connectivity index is 2.25. The smallest absolute Gasteiger partial charge is 0.109 e. The summed E-state index contributed by atoms with van der Waals surface area (Å²) in [5.41, 5.74) is 0. The van der Waals surface area contributed by atoms with Crippen LogP contribution in [0.2, 0.25) is 0 Å². The van der Waals surface area contributed by atoms with Gasteiger partial charge >= 0.3 is 0 Å². The van der Waals surface area contributed by atoms with Crippen LogP contribution in [-0.2, 0) is 4.74 Å². The zero-order valence-electron chi connectivity index (χ0n) is 8.46. The second-order valence-electron chi connectivity index (χ2n) is 3.71. The third-order valence-electron chi connectivity index (χ3n) is 2.46. The van der Waals surface area contributed by atoms with Crippen LogP contribution in [0.5, 0.6) is 0 Å². The first kappa shape index (κ1) is 12.3. The van der Waals surface area contributed by atoms with E-state index in [2.05, 4.69) is 0 Å². The lowest BCUT2D eigenvalue weighted by atomic mass is 10.2. The average molecular weight is 222 g/mol. The van der Waals surface area contributed by atoms with Crippen molar-refractivity contribution in [3.63, 3.8) is 0 Å². The minimum Gasteiger partial charge on any atom is -0.392 e. The zero-order chi connectivity index (χ0) is 10.7. The van der Waals surface area contributed by atoms with Crippen molar-refractivity contribution in [3.8, 4) is 0 Å². The highest BCUT2D eigenvalue weighted by Gasteiger charge is 2.34. The first-order valence-corrected chi connectivity index (χ1v) is 5.84. The van der Waals surface area contributed by atoms with E-state index >= 15 is 0 Å². The average Bonchev–Trinajstić information content (AvgIpc) is 2.44. The predicted octanol–water partition coefficient (Wildman–Crippen LogP) is -0.390. The Morgan fingerprint density at radius 1 is 1.43 bits per heavy atom. The number of aliphatic hydroxyl groups excluding tert-OH is 3. The van der Waals surface area contributed by atoms with E-state index in [1.165, 1.54) is 0 Å². The normalized spacial score (nSPS) is 37.1. The molecule has 1 saturated heterocycles. The molecule has 14 heavy (non-hydrogen) atoms. The van der Waals surface area contributed by atoms with Gasteiger partial charge in [-0.25, -0.2) is 0 Å². The highest BCUT2D eigenvalue weighted by Crippen LogP contribution is 2.22. The Kier molecular flexibility index (Phi) is 4.66. The minimum absolute atomic E-state index is 0.114. The molecule has 0 radical (unpaired) electrons. The summed E-state index contributed by atoms with van der Waals surface area (Å²) < 4.78 is 5.21. The van der Waals surface area contributed by atoms with Gasteiger partial charge in [-0.05, 0) is 6.92 Å². The van der Waals surface area contributed by atoms with Crippen LogP contribution in [0, 0.1) is 0 Å². The van der Waals surface area contributed by atoms with E-state index in [-0.39, 0.29) is 24.1 Å². The largest absolute Gasteiger partial charge is 0.392 e. The van der Waals surface area contributed by atoms with Gasteiger partial charge in [0.1, 0.15) is 12.2 Å². The summed E-state index contributed by atoms with van der Waals surface area (Å²) in [6.07, 6.45) is -2.23. The summed E-state index contributed by atoms with van der Waals surface area (Å²) in [6.45, 7) is 3.86. The van der Waals surface area contributed by atoms with Crippen molar-refractivity contribution in [2.75, 3.05) is 12.4 Å². The van der Waals surface area contributed by atoms with Crippen molar-refractivity contribution in [2.24, 2.45) is 0 Å². The molecule has 0 bridgehead atoms. The molecule has 5 unspecified atom stereocenters. The maximum absolute atomic E-state index is 9.46. The number of rotatable bonds is 4. The van der Waals surface area contributed by atoms with Crippen LogP contribution in [-0.4, -0.2) is 57.3 Å². The maximum Gasteiger partial charge on any atom is 0.109 e. The molecule has 1 heterocycles. The van der Waals surface area contributed by atoms with Gasteiger partial charge in [-0.15, -0.1) is 0 Å². The van der Waals surface area contributed by atoms with Crippen LogP contribution >= 0.6 is 11.8 Å². The molecule has 0 aromatic rings. The third-order valence-corrected chi connectivity index (χ3v) is 3.90. The summed E-state index contributed by atoms with van der Waals surface area (Å²) in [5.74, 6) is 0.601. The Morgan fingerprint density at radius 3 is 2.50 bits per heavy atom. The van der Waals surface area contributed by atoms with Crippen LogP contribution in [0.4, 0.5) is 0 Å². The van der Waals surface area contributed by atoms with Gasteiger partial charge in [-0.3, -0.25) is 0 Å². The standard InChI is InChI=1S/C9H18O4S/c1-5(10)6(2)14-4-8-9(12)7(11)3-13-8/h5-12H,3-4H2,1-2H3. The second-order valence-corrected chi connectivity index (χ2v) is 5.12. The minimum atomic E-state index is -0.788. The molecule has 5 heteroatoms. The summed E-state index contributed by atoms with van der Waals surface area (Å²) in [6, 6.07) is 0. The van der Waals surface area contributed by atoms with Gasteiger partial charge in [0.15, 0.2) is 0 Å². The number of thioether (sulfide) groups is 1. The topological polar surface area (TPSA) is 69.9 Å². The lowest BCUT2D eigenvalue weighted by Gasteiger charge is -2.18. The summed E-state index contributed by atoms with van der Waals surface area (Å²) in [5, 5.41) is 28.0. The third kappa shape index (κ3) is 3.10. The van der Waals surface area contributed by atoms with Gasteiger partial charge < -0.3 is 20.1 Å². The molecule has 0 aromatic heterocycles. The molecule has 84 valence electrons. The molecule has 3 N–H and O–H groups in total. The lowest BCUT2D eigenvalue weighted by Crippen LogP contribution is -2.32. The molecule has 1 aliphatic heterocycles. The highest BCUT2D eigenvalue weighted by atomic mass is 32.2. The van der Waals surface area contributed by atoms with E-state index in [4.69, 9.17) is 4.74 Å². The number of hydrogen-bond acceptors (Lipinski definition) is 5. The molecule has 0 amide bonds. The van der Waals surface area contributed by atoms with Gasteiger partial charge in [-0.1, -0.05) is 6.92 Å². The van der Waals surface area contributed by atoms with Crippen molar-refractivity contribution < 1.29 is 20.1 Å². The summed E-state index contributed by atoms with van der Waals surface area (Å²) >= 11 is 1.54. The fraction of sp³-hybridized carbons (Fsp3) is 1.00. The molecule has 5 atom stereocenters. The Bertz CT molecular complexity index is 176. The van der Waals surface area contributed by atoms with E-state index in [1.807, 2.05) is 6.92 Å². The van der Waals surface area contributed by atoms with Gasteiger partial charge in [0.2, 0.25) is 0 Å². The molecule has 0 saturated carbocycles. The Labute approximate surface area is 88.3 Å². The molecule has 1 fully saturated rings. The van der Waals surface area contributed by atoms with Crippen LogP contribution in [0.15, 0.2) is 0 Å². The number of aliphatic hydroxyl groups is 3. The monoisotopic (exact) mass is 222 g/mol. The highest BCUT2D eigenvalue weighted by molar-refractivity contribution is 7.99.